The van der Waals surface area contributed by atoms with Crippen molar-refractivity contribution < 1.29 is 18.3 Å². The maximum Gasteiger partial charge on any atom is 0.162 e. The number of rotatable bonds is 4. The lowest BCUT2D eigenvalue weighted by Gasteiger charge is -2.18. The molecule has 1 fully saturated rings. The summed E-state index contributed by atoms with van der Waals surface area (Å²) in [5, 5.41) is 14.5. The molecule has 6 nitrogen and oxygen atoms in total. The van der Waals surface area contributed by atoms with Crippen LogP contribution in [0.1, 0.15) is 25.1 Å². The zero-order valence-electron chi connectivity index (χ0n) is 10.5. The summed E-state index contributed by atoms with van der Waals surface area (Å²) in [6, 6.07) is 0. The Labute approximate surface area is 106 Å². The van der Waals surface area contributed by atoms with Gasteiger partial charge in [-0.15, -0.1) is 0 Å². The van der Waals surface area contributed by atoms with Gasteiger partial charge in [0.15, 0.2) is 15.6 Å². The van der Waals surface area contributed by atoms with E-state index in [2.05, 4.69) is 5.10 Å². The third kappa shape index (κ3) is 2.37. The highest BCUT2D eigenvalue weighted by atomic mass is 32.2. The molecule has 0 aliphatic carbocycles. The van der Waals surface area contributed by atoms with Gasteiger partial charge in [-0.3, -0.25) is 4.68 Å². The summed E-state index contributed by atoms with van der Waals surface area (Å²) in [4.78, 5) is 0. The quantitative estimate of drug-likeness (QED) is 0.858. The Balaban J connectivity index is 2.28. The summed E-state index contributed by atoms with van der Waals surface area (Å²) in [5.74, 6) is 0.420. The van der Waals surface area contributed by atoms with E-state index in [-0.39, 0.29) is 17.4 Å². The number of aromatic nitrogens is 2. The molecule has 1 aromatic heterocycles. The summed E-state index contributed by atoms with van der Waals surface area (Å²) in [6.45, 7) is 2.52. The minimum absolute atomic E-state index is 0.0339. The largest absolute Gasteiger partial charge is 0.493 e. The van der Waals surface area contributed by atoms with E-state index >= 15 is 0 Å². The summed E-state index contributed by atoms with van der Waals surface area (Å²) in [5.41, 5.74) is 0.571. The Morgan fingerprint density at radius 3 is 2.89 bits per heavy atom. The van der Waals surface area contributed by atoms with Crippen LogP contribution in [-0.4, -0.2) is 41.9 Å². The Morgan fingerprint density at radius 1 is 1.67 bits per heavy atom. The average molecular weight is 274 g/mol. The fourth-order valence-corrected chi connectivity index (χ4v) is 4.21. The fraction of sp³-hybridized carbons (Fsp3) is 0.727. The molecule has 1 aromatic rings. The molecule has 0 spiro atoms. The Kier molecular flexibility index (Phi) is 3.63. The second-order valence-electron chi connectivity index (χ2n) is 4.52. The van der Waals surface area contributed by atoms with Gasteiger partial charge in [0.25, 0.3) is 0 Å². The number of methoxy groups -OCH3 is 1. The number of hydrogen-bond donors (Lipinski definition) is 1. The van der Waals surface area contributed by atoms with Crippen molar-refractivity contribution in [3.63, 3.8) is 0 Å². The molecule has 1 N–H and O–H groups in total. The first-order chi connectivity index (χ1) is 8.48. The SMILES string of the molecule is CCn1ncc(OC)c1C(O)C1CCS(=O)(=O)C1. The molecule has 0 bridgehead atoms. The molecule has 1 aliphatic heterocycles. The first-order valence-electron chi connectivity index (χ1n) is 5.96. The number of aliphatic hydroxyl groups excluding tert-OH is 1. The molecule has 18 heavy (non-hydrogen) atoms. The van der Waals surface area contributed by atoms with E-state index < -0.39 is 15.9 Å². The van der Waals surface area contributed by atoms with Crippen LogP contribution in [-0.2, 0) is 16.4 Å². The molecule has 0 saturated carbocycles. The number of aryl methyl sites for hydroxylation is 1. The summed E-state index contributed by atoms with van der Waals surface area (Å²) < 4.78 is 29.7. The molecule has 0 amide bonds. The van der Waals surface area contributed by atoms with Crippen LogP contribution in [0.25, 0.3) is 0 Å². The number of hydrogen-bond acceptors (Lipinski definition) is 5. The molecular weight excluding hydrogens is 256 g/mol. The van der Waals surface area contributed by atoms with Gasteiger partial charge in [-0.25, -0.2) is 8.42 Å². The van der Waals surface area contributed by atoms with Crippen molar-refractivity contribution in [1.29, 1.82) is 0 Å². The van der Waals surface area contributed by atoms with Crippen LogP contribution in [0.15, 0.2) is 6.20 Å². The van der Waals surface area contributed by atoms with Crippen LogP contribution in [0.4, 0.5) is 0 Å². The zero-order valence-corrected chi connectivity index (χ0v) is 11.4. The van der Waals surface area contributed by atoms with Crippen molar-refractivity contribution in [3.8, 4) is 5.75 Å². The van der Waals surface area contributed by atoms with Crippen LogP contribution in [0, 0.1) is 5.92 Å². The highest BCUT2D eigenvalue weighted by Gasteiger charge is 2.36. The van der Waals surface area contributed by atoms with Crippen LogP contribution in [0.5, 0.6) is 5.75 Å². The first-order valence-corrected chi connectivity index (χ1v) is 7.78. The maximum absolute atomic E-state index is 11.5. The van der Waals surface area contributed by atoms with Gasteiger partial charge in [0.2, 0.25) is 0 Å². The third-order valence-corrected chi connectivity index (χ3v) is 5.15. The van der Waals surface area contributed by atoms with Crippen molar-refractivity contribution in [2.75, 3.05) is 18.6 Å². The minimum Gasteiger partial charge on any atom is -0.493 e. The van der Waals surface area contributed by atoms with Crippen molar-refractivity contribution in [1.82, 2.24) is 9.78 Å². The molecule has 2 rings (SSSR count). The van der Waals surface area contributed by atoms with Crippen molar-refractivity contribution >= 4 is 9.84 Å². The summed E-state index contributed by atoms with van der Waals surface area (Å²) in [6.07, 6.45) is 1.19. The molecule has 7 heteroatoms. The minimum atomic E-state index is -3.00. The van der Waals surface area contributed by atoms with Gasteiger partial charge < -0.3 is 9.84 Å². The second-order valence-corrected chi connectivity index (χ2v) is 6.75. The molecule has 0 radical (unpaired) electrons. The van der Waals surface area contributed by atoms with E-state index in [1.165, 1.54) is 7.11 Å². The standard InChI is InChI=1S/C11H18N2O4S/c1-3-13-10(9(17-2)6-12-13)11(14)8-4-5-18(15,16)7-8/h6,8,11,14H,3-5,7H2,1-2H3. The molecular formula is C11H18N2O4S. The number of aliphatic hydroxyl groups is 1. The van der Waals surface area contributed by atoms with Crippen LogP contribution < -0.4 is 4.74 Å². The monoisotopic (exact) mass is 274 g/mol. The van der Waals surface area contributed by atoms with Crippen LogP contribution in [0.3, 0.4) is 0 Å². The molecule has 2 heterocycles. The fourth-order valence-electron chi connectivity index (χ4n) is 2.38. The summed E-state index contributed by atoms with van der Waals surface area (Å²) >= 11 is 0. The lowest BCUT2D eigenvalue weighted by atomic mass is 9.99. The lowest BCUT2D eigenvalue weighted by Crippen LogP contribution is -2.18. The van der Waals surface area contributed by atoms with Gasteiger partial charge in [-0.1, -0.05) is 0 Å². The zero-order chi connectivity index (χ0) is 13.3. The molecule has 1 aliphatic rings. The maximum atomic E-state index is 11.5. The highest BCUT2D eigenvalue weighted by molar-refractivity contribution is 7.91. The van der Waals surface area contributed by atoms with E-state index in [4.69, 9.17) is 4.74 Å². The molecule has 0 aromatic carbocycles. The van der Waals surface area contributed by atoms with Gasteiger partial charge in [0.05, 0.1) is 24.8 Å². The van der Waals surface area contributed by atoms with E-state index in [1.807, 2.05) is 6.92 Å². The van der Waals surface area contributed by atoms with Crippen molar-refractivity contribution in [3.05, 3.63) is 11.9 Å². The molecule has 102 valence electrons. The Morgan fingerprint density at radius 2 is 2.39 bits per heavy atom. The third-order valence-electron chi connectivity index (χ3n) is 3.36. The van der Waals surface area contributed by atoms with E-state index in [0.29, 0.717) is 24.4 Å². The smallest absolute Gasteiger partial charge is 0.162 e. The lowest BCUT2D eigenvalue weighted by molar-refractivity contribution is 0.108. The normalized spacial score (nSPS) is 24.1. The number of sulfone groups is 1. The van der Waals surface area contributed by atoms with Gasteiger partial charge in [0.1, 0.15) is 11.8 Å². The van der Waals surface area contributed by atoms with E-state index in [9.17, 15) is 13.5 Å². The van der Waals surface area contributed by atoms with E-state index in [1.54, 1.807) is 10.9 Å². The van der Waals surface area contributed by atoms with E-state index in [0.717, 1.165) is 0 Å². The topological polar surface area (TPSA) is 81.4 Å². The Bertz CT molecular complexity index is 502. The van der Waals surface area contributed by atoms with Gasteiger partial charge >= 0.3 is 0 Å². The van der Waals surface area contributed by atoms with Gasteiger partial charge in [-0.2, -0.15) is 5.10 Å². The molecule has 1 saturated heterocycles. The predicted molar refractivity (Wildman–Crippen MR) is 66.2 cm³/mol. The first kappa shape index (κ1) is 13.4. The second kappa shape index (κ2) is 4.89. The van der Waals surface area contributed by atoms with Crippen LogP contribution >= 0.6 is 0 Å². The molecule has 2 atom stereocenters. The predicted octanol–water partition coefficient (Wildman–Crippen LogP) is 0.380. The Hall–Kier alpha value is -1.08. The van der Waals surface area contributed by atoms with Gasteiger partial charge in [0, 0.05) is 12.5 Å². The van der Waals surface area contributed by atoms with Crippen molar-refractivity contribution in [2.24, 2.45) is 5.92 Å². The van der Waals surface area contributed by atoms with Crippen molar-refractivity contribution in [2.45, 2.75) is 26.0 Å². The average Bonchev–Trinajstić information content (AvgIpc) is 2.90. The number of nitrogens with zero attached hydrogens (tertiary/aromatic N) is 2. The van der Waals surface area contributed by atoms with Crippen LogP contribution in [0.2, 0.25) is 0 Å². The molecule has 2 unspecified atom stereocenters. The number of ether oxygens (including phenoxy) is 1. The highest BCUT2D eigenvalue weighted by Crippen LogP contribution is 2.35. The summed E-state index contributed by atoms with van der Waals surface area (Å²) in [7, 11) is -1.49. The van der Waals surface area contributed by atoms with Gasteiger partial charge in [-0.05, 0) is 13.3 Å².